The minimum atomic E-state index is -0.924. The molecule has 0 bridgehead atoms. The Morgan fingerprint density at radius 1 is 1.28 bits per heavy atom. The largest absolute Gasteiger partial charge is 0.478 e. The average Bonchev–Trinajstić information content (AvgIpc) is 2.23. The first-order valence-electron chi connectivity index (χ1n) is 6.22. The van der Waals surface area contributed by atoms with E-state index in [1.54, 1.807) is 6.92 Å². The van der Waals surface area contributed by atoms with Crippen molar-refractivity contribution >= 4 is 5.97 Å². The molecule has 2 N–H and O–H groups in total. The SMILES string of the molecule is C=C(C)C(O)CC/C(=C\C(=O)O)CCC=C(C)C. The van der Waals surface area contributed by atoms with Crippen LogP contribution >= 0.6 is 0 Å². The second-order valence-corrected chi connectivity index (χ2v) is 4.86. The fourth-order valence-corrected chi connectivity index (χ4v) is 1.56. The molecule has 0 radical (unpaired) electrons. The number of carboxylic acid groups (broad SMARTS) is 1. The van der Waals surface area contributed by atoms with E-state index < -0.39 is 12.1 Å². The summed E-state index contributed by atoms with van der Waals surface area (Å²) in [6.07, 6.45) is 5.48. The van der Waals surface area contributed by atoms with Crippen LogP contribution in [0.15, 0.2) is 35.5 Å². The number of carbonyl (C=O) groups is 1. The highest BCUT2D eigenvalue weighted by Crippen LogP contribution is 2.17. The molecule has 102 valence electrons. The maximum absolute atomic E-state index is 10.7. The molecule has 0 fully saturated rings. The van der Waals surface area contributed by atoms with E-state index in [-0.39, 0.29) is 0 Å². The quantitative estimate of drug-likeness (QED) is 0.514. The van der Waals surface area contributed by atoms with Crippen LogP contribution in [0.1, 0.15) is 46.5 Å². The molecule has 0 aromatic rings. The molecule has 0 aliphatic carbocycles. The van der Waals surface area contributed by atoms with E-state index in [0.29, 0.717) is 18.4 Å². The molecule has 0 spiro atoms. The zero-order valence-electron chi connectivity index (χ0n) is 11.6. The molecule has 0 aromatic carbocycles. The van der Waals surface area contributed by atoms with E-state index in [2.05, 4.69) is 12.7 Å². The molecule has 0 aliphatic rings. The molecule has 0 aromatic heterocycles. The van der Waals surface area contributed by atoms with Gasteiger partial charge in [-0.25, -0.2) is 4.79 Å². The third-order valence-electron chi connectivity index (χ3n) is 2.65. The smallest absolute Gasteiger partial charge is 0.328 e. The maximum atomic E-state index is 10.7. The summed E-state index contributed by atoms with van der Waals surface area (Å²) < 4.78 is 0. The van der Waals surface area contributed by atoms with Crippen molar-refractivity contribution in [3.63, 3.8) is 0 Å². The van der Waals surface area contributed by atoms with Gasteiger partial charge in [0.05, 0.1) is 6.10 Å². The van der Waals surface area contributed by atoms with Crippen molar-refractivity contribution < 1.29 is 15.0 Å². The predicted octanol–water partition coefficient (Wildman–Crippen LogP) is 3.46. The Kier molecular flexibility index (Phi) is 8.05. The van der Waals surface area contributed by atoms with Gasteiger partial charge >= 0.3 is 5.97 Å². The van der Waals surface area contributed by atoms with Crippen LogP contribution in [-0.2, 0) is 4.79 Å². The summed E-state index contributed by atoms with van der Waals surface area (Å²) >= 11 is 0. The lowest BCUT2D eigenvalue weighted by molar-refractivity contribution is -0.131. The molecule has 0 amide bonds. The fraction of sp³-hybridized carbons (Fsp3) is 0.533. The number of rotatable bonds is 8. The van der Waals surface area contributed by atoms with Gasteiger partial charge in [-0.15, -0.1) is 0 Å². The number of allylic oxidation sites excluding steroid dienone is 3. The van der Waals surface area contributed by atoms with Crippen LogP contribution in [-0.4, -0.2) is 22.3 Å². The van der Waals surface area contributed by atoms with Crippen molar-refractivity contribution in [1.29, 1.82) is 0 Å². The van der Waals surface area contributed by atoms with Crippen LogP contribution < -0.4 is 0 Å². The average molecular weight is 252 g/mol. The van der Waals surface area contributed by atoms with Crippen molar-refractivity contribution in [2.75, 3.05) is 0 Å². The zero-order valence-corrected chi connectivity index (χ0v) is 11.6. The topological polar surface area (TPSA) is 57.5 Å². The summed E-state index contributed by atoms with van der Waals surface area (Å²) in [6, 6.07) is 0. The van der Waals surface area contributed by atoms with Crippen LogP contribution in [0.4, 0.5) is 0 Å². The van der Waals surface area contributed by atoms with E-state index in [4.69, 9.17) is 5.11 Å². The van der Waals surface area contributed by atoms with Crippen molar-refractivity contribution in [2.24, 2.45) is 0 Å². The predicted molar refractivity (Wildman–Crippen MR) is 74.4 cm³/mol. The van der Waals surface area contributed by atoms with Gasteiger partial charge in [0.25, 0.3) is 0 Å². The number of hydrogen-bond acceptors (Lipinski definition) is 2. The van der Waals surface area contributed by atoms with Crippen LogP contribution in [0.5, 0.6) is 0 Å². The second kappa shape index (κ2) is 8.70. The summed E-state index contributed by atoms with van der Waals surface area (Å²) in [5, 5.41) is 18.4. The lowest BCUT2D eigenvalue weighted by Crippen LogP contribution is -2.07. The normalized spacial score (nSPS) is 13.0. The van der Waals surface area contributed by atoms with E-state index >= 15 is 0 Å². The van der Waals surface area contributed by atoms with Crippen LogP contribution in [0.25, 0.3) is 0 Å². The number of carboxylic acids is 1. The number of aliphatic hydroxyl groups excluding tert-OH is 1. The Hall–Kier alpha value is -1.35. The number of aliphatic hydroxyl groups is 1. The highest BCUT2D eigenvalue weighted by molar-refractivity contribution is 5.80. The van der Waals surface area contributed by atoms with Crippen LogP contribution in [0.3, 0.4) is 0 Å². The van der Waals surface area contributed by atoms with Crippen molar-refractivity contribution in [3.05, 3.63) is 35.5 Å². The molecular formula is C15H24O3. The summed E-state index contributed by atoms with van der Waals surface area (Å²) in [5.41, 5.74) is 2.81. The highest BCUT2D eigenvalue weighted by atomic mass is 16.4. The van der Waals surface area contributed by atoms with Gasteiger partial charge in [-0.05, 0) is 46.5 Å². The molecule has 0 saturated carbocycles. The highest BCUT2D eigenvalue weighted by Gasteiger charge is 2.07. The van der Waals surface area contributed by atoms with Gasteiger partial charge in [-0.2, -0.15) is 0 Å². The molecule has 0 heterocycles. The molecule has 1 atom stereocenters. The molecule has 1 unspecified atom stereocenters. The minimum absolute atomic E-state index is 0.531. The third kappa shape index (κ3) is 8.76. The second-order valence-electron chi connectivity index (χ2n) is 4.86. The Morgan fingerprint density at radius 2 is 1.89 bits per heavy atom. The molecule has 0 saturated heterocycles. The Bertz CT molecular complexity index is 347. The van der Waals surface area contributed by atoms with E-state index in [9.17, 15) is 9.90 Å². The van der Waals surface area contributed by atoms with Gasteiger partial charge in [-0.1, -0.05) is 29.4 Å². The maximum Gasteiger partial charge on any atom is 0.328 e. The first kappa shape index (κ1) is 16.6. The van der Waals surface area contributed by atoms with Crippen molar-refractivity contribution in [2.45, 2.75) is 52.6 Å². The molecule has 3 heteroatoms. The molecule has 18 heavy (non-hydrogen) atoms. The Balaban J connectivity index is 4.38. The first-order valence-corrected chi connectivity index (χ1v) is 6.22. The summed E-state index contributed by atoms with van der Waals surface area (Å²) in [6.45, 7) is 9.49. The van der Waals surface area contributed by atoms with Crippen molar-refractivity contribution in [1.82, 2.24) is 0 Å². The lowest BCUT2D eigenvalue weighted by Gasteiger charge is -2.11. The van der Waals surface area contributed by atoms with Crippen LogP contribution in [0, 0.1) is 0 Å². The van der Waals surface area contributed by atoms with E-state index in [0.717, 1.165) is 18.4 Å². The fourth-order valence-electron chi connectivity index (χ4n) is 1.56. The van der Waals surface area contributed by atoms with E-state index in [1.165, 1.54) is 11.6 Å². The van der Waals surface area contributed by atoms with Gasteiger partial charge in [0, 0.05) is 6.08 Å². The lowest BCUT2D eigenvalue weighted by atomic mass is 9.99. The van der Waals surface area contributed by atoms with Crippen molar-refractivity contribution in [3.8, 4) is 0 Å². The monoisotopic (exact) mass is 252 g/mol. The van der Waals surface area contributed by atoms with Gasteiger partial charge in [0.15, 0.2) is 0 Å². The summed E-state index contributed by atoms with van der Waals surface area (Å²) in [5.74, 6) is -0.924. The minimum Gasteiger partial charge on any atom is -0.478 e. The third-order valence-corrected chi connectivity index (χ3v) is 2.65. The summed E-state index contributed by atoms with van der Waals surface area (Å²) in [4.78, 5) is 10.7. The Morgan fingerprint density at radius 3 is 2.33 bits per heavy atom. The summed E-state index contributed by atoms with van der Waals surface area (Å²) in [7, 11) is 0. The first-order chi connectivity index (χ1) is 8.32. The van der Waals surface area contributed by atoms with Gasteiger partial charge in [-0.3, -0.25) is 0 Å². The van der Waals surface area contributed by atoms with Gasteiger partial charge < -0.3 is 10.2 Å². The zero-order chi connectivity index (χ0) is 14.1. The number of aliphatic carboxylic acids is 1. The molecule has 0 aliphatic heterocycles. The number of hydrogen-bond donors (Lipinski definition) is 2. The molecular weight excluding hydrogens is 228 g/mol. The Labute approximate surface area is 110 Å². The standard InChI is InChI=1S/C15H24O3/c1-11(2)6-5-7-13(10-15(17)18)8-9-14(16)12(3)4/h6,10,14,16H,3,5,7-9H2,1-2,4H3,(H,17,18)/b13-10-. The van der Waals surface area contributed by atoms with Gasteiger partial charge in [0.1, 0.15) is 0 Å². The molecule has 3 nitrogen and oxygen atoms in total. The molecule has 0 rings (SSSR count). The van der Waals surface area contributed by atoms with E-state index in [1.807, 2.05) is 13.8 Å². The van der Waals surface area contributed by atoms with Crippen LogP contribution in [0.2, 0.25) is 0 Å². The van der Waals surface area contributed by atoms with Gasteiger partial charge in [0.2, 0.25) is 0 Å².